The first-order chi connectivity index (χ1) is 9.24. The third kappa shape index (κ3) is 3.47. The smallest absolute Gasteiger partial charge is 0.170 e. The number of nitrogens with zero attached hydrogens (tertiary/aromatic N) is 2. The predicted molar refractivity (Wildman–Crippen MR) is 77.3 cm³/mol. The van der Waals surface area contributed by atoms with E-state index < -0.39 is 0 Å². The number of oxime groups is 1. The lowest BCUT2D eigenvalue weighted by molar-refractivity contribution is 0.136. The van der Waals surface area contributed by atoms with E-state index in [0.29, 0.717) is 6.04 Å². The Labute approximate surface area is 114 Å². The molecule has 0 saturated carbocycles. The molecule has 1 heterocycles. The minimum atomic E-state index is 0.174. The van der Waals surface area contributed by atoms with Crippen LogP contribution in [0.5, 0.6) is 0 Å². The summed E-state index contributed by atoms with van der Waals surface area (Å²) in [6, 6.07) is 8.65. The van der Waals surface area contributed by atoms with Crippen LogP contribution >= 0.6 is 0 Å². The Morgan fingerprint density at radius 2 is 2.32 bits per heavy atom. The van der Waals surface area contributed by atoms with Gasteiger partial charge in [-0.1, -0.05) is 36.7 Å². The van der Waals surface area contributed by atoms with Crippen molar-refractivity contribution >= 4 is 5.84 Å². The second-order valence-corrected chi connectivity index (χ2v) is 5.21. The highest BCUT2D eigenvalue weighted by atomic mass is 16.4. The lowest BCUT2D eigenvalue weighted by atomic mass is 9.99. The summed E-state index contributed by atoms with van der Waals surface area (Å²) in [5.41, 5.74) is 7.64. The molecule has 19 heavy (non-hydrogen) atoms. The fourth-order valence-electron chi connectivity index (χ4n) is 2.85. The number of benzene rings is 1. The molecule has 1 atom stereocenters. The maximum Gasteiger partial charge on any atom is 0.170 e. The summed E-state index contributed by atoms with van der Waals surface area (Å²) in [5, 5.41) is 11.8. The highest BCUT2D eigenvalue weighted by Gasteiger charge is 2.20. The van der Waals surface area contributed by atoms with Gasteiger partial charge < -0.3 is 10.9 Å². The van der Waals surface area contributed by atoms with Crippen LogP contribution in [-0.4, -0.2) is 28.5 Å². The van der Waals surface area contributed by atoms with Gasteiger partial charge in [0.1, 0.15) is 0 Å². The van der Waals surface area contributed by atoms with E-state index in [9.17, 15) is 0 Å². The Hall–Kier alpha value is -1.55. The average Bonchev–Trinajstić information content (AvgIpc) is 2.47. The third-order valence-corrected chi connectivity index (χ3v) is 3.94. The summed E-state index contributed by atoms with van der Waals surface area (Å²) in [7, 11) is 0. The van der Waals surface area contributed by atoms with Gasteiger partial charge in [0, 0.05) is 18.2 Å². The molecule has 1 aromatic rings. The minimum Gasteiger partial charge on any atom is -0.409 e. The van der Waals surface area contributed by atoms with Crippen LogP contribution in [0.4, 0.5) is 0 Å². The summed E-state index contributed by atoms with van der Waals surface area (Å²) in [6.07, 6.45) is 5.14. The normalized spacial score (nSPS) is 21.5. The van der Waals surface area contributed by atoms with Crippen LogP contribution < -0.4 is 5.73 Å². The quantitative estimate of drug-likeness (QED) is 0.379. The number of amidine groups is 1. The van der Waals surface area contributed by atoms with Crippen molar-refractivity contribution in [2.45, 2.75) is 45.2 Å². The Balaban J connectivity index is 2.09. The van der Waals surface area contributed by atoms with E-state index in [1.807, 2.05) is 18.2 Å². The molecule has 0 aromatic heterocycles. The molecule has 1 fully saturated rings. The molecule has 0 amide bonds. The maximum absolute atomic E-state index is 8.73. The molecule has 4 nitrogen and oxygen atoms in total. The van der Waals surface area contributed by atoms with E-state index in [0.717, 1.165) is 12.1 Å². The van der Waals surface area contributed by atoms with Gasteiger partial charge in [-0.15, -0.1) is 0 Å². The van der Waals surface area contributed by atoms with Gasteiger partial charge in [0.05, 0.1) is 0 Å². The SMILES string of the molecule is CCC1CCCCN1Cc1cccc(/C(N)=N/O)c1. The Bertz CT molecular complexity index is 445. The molecule has 1 aromatic carbocycles. The van der Waals surface area contributed by atoms with Crippen LogP contribution in [0.1, 0.15) is 43.7 Å². The lowest BCUT2D eigenvalue weighted by Crippen LogP contribution is -2.38. The van der Waals surface area contributed by atoms with Gasteiger partial charge >= 0.3 is 0 Å². The van der Waals surface area contributed by atoms with Gasteiger partial charge in [-0.05, 0) is 37.4 Å². The highest BCUT2D eigenvalue weighted by Crippen LogP contribution is 2.21. The molecule has 3 N–H and O–H groups in total. The van der Waals surface area contributed by atoms with Crippen molar-refractivity contribution in [1.82, 2.24) is 4.90 Å². The first-order valence-corrected chi connectivity index (χ1v) is 7.05. The van der Waals surface area contributed by atoms with Crippen LogP contribution in [0.3, 0.4) is 0 Å². The van der Waals surface area contributed by atoms with Gasteiger partial charge in [-0.25, -0.2) is 0 Å². The molecule has 1 saturated heterocycles. The van der Waals surface area contributed by atoms with E-state index in [1.165, 1.54) is 37.8 Å². The Kier molecular flexibility index (Phi) is 4.80. The van der Waals surface area contributed by atoms with Crippen LogP contribution in [0, 0.1) is 0 Å². The average molecular weight is 261 g/mol. The standard InChI is InChI=1S/C15H23N3O/c1-2-14-8-3-4-9-18(14)11-12-6-5-7-13(10-12)15(16)17-19/h5-7,10,14,19H,2-4,8-9,11H2,1H3,(H2,16,17). The zero-order valence-corrected chi connectivity index (χ0v) is 11.5. The summed E-state index contributed by atoms with van der Waals surface area (Å²) >= 11 is 0. The molecule has 2 rings (SSSR count). The zero-order valence-electron chi connectivity index (χ0n) is 11.5. The van der Waals surface area contributed by atoms with Crippen LogP contribution in [0.2, 0.25) is 0 Å². The second kappa shape index (κ2) is 6.57. The van der Waals surface area contributed by atoms with Crippen molar-refractivity contribution in [3.63, 3.8) is 0 Å². The fourth-order valence-corrected chi connectivity index (χ4v) is 2.85. The number of nitrogens with two attached hydrogens (primary N) is 1. The first-order valence-electron chi connectivity index (χ1n) is 7.05. The molecular weight excluding hydrogens is 238 g/mol. The molecule has 1 unspecified atom stereocenters. The van der Waals surface area contributed by atoms with Gasteiger partial charge in [0.25, 0.3) is 0 Å². The highest BCUT2D eigenvalue weighted by molar-refractivity contribution is 5.97. The molecule has 0 radical (unpaired) electrons. The Morgan fingerprint density at radius 1 is 1.47 bits per heavy atom. The van der Waals surface area contributed by atoms with Crippen molar-refractivity contribution < 1.29 is 5.21 Å². The van der Waals surface area contributed by atoms with Gasteiger partial charge in [-0.3, -0.25) is 4.90 Å². The van der Waals surface area contributed by atoms with E-state index in [2.05, 4.69) is 23.0 Å². The summed E-state index contributed by atoms with van der Waals surface area (Å²) in [6.45, 7) is 4.38. The van der Waals surface area contributed by atoms with E-state index >= 15 is 0 Å². The molecular formula is C15H23N3O. The predicted octanol–water partition coefficient (Wildman–Crippen LogP) is 2.55. The van der Waals surface area contributed by atoms with Crippen molar-refractivity contribution in [3.05, 3.63) is 35.4 Å². The van der Waals surface area contributed by atoms with Crippen LogP contribution in [-0.2, 0) is 6.54 Å². The van der Waals surface area contributed by atoms with Crippen LogP contribution in [0.25, 0.3) is 0 Å². The van der Waals surface area contributed by atoms with Crippen molar-refractivity contribution in [1.29, 1.82) is 0 Å². The van der Waals surface area contributed by atoms with E-state index in [4.69, 9.17) is 10.9 Å². The monoisotopic (exact) mass is 261 g/mol. The largest absolute Gasteiger partial charge is 0.409 e. The van der Waals surface area contributed by atoms with Gasteiger partial charge in [0.2, 0.25) is 0 Å². The van der Waals surface area contributed by atoms with E-state index in [-0.39, 0.29) is 5.84 Å². The number of hydrogen-bond donors (Lipinski definition) is 2. The minimum absolute atomic E-state index is 0.174. The molecule has 104 valence electrons. The summed E-state index contributed by atoms with van der Waals surface area (Å²) < 4.78 is 0. The summed E-state index contributed by atoms with van der Waals surface area (Å²) in [5.74, 6) is 0.174. The van der Waals surface area contributed by atoms with Gasteiger partial charge in [-0.2, -0.15) is 0 Å². The van der Waals surface area contributed by atoms with Crippen LogP contribution in [0.15, 0.2) is 29.4 Å². The number of likely N-dealkylation sites (tertiary alicyclic amines) is 1. The zero-order chi connectivity index (χ0) is 13.7. The second-order valence-electron chi connectivity index (χ2n) is 5.21. The molecule has 4 heteroatoms. The van der Waals surface area contributed by atoms with Gasteiger partial charge in [0.15, 0.2) is 5.84 Å². The summed E-state index contributed by atoms with van der Waals surface area (Å²) in [4.78, 5) is 2.55. The fraction of sp³-hybridized carbons (Fsp3) is 0.533. The molecule has 1 aliphatic rings. The number of piperidine rings is 1. The third-order valence-electron chi connectivity index (χ3n) is 3.94. The molecule has 0 aliphatic carbocycles. The Morgan fingerprint density at radius 3 is 3.05 bits per heavy atom. The van der Waals surface area contributed by atoms with E-state index in [1.54, 1.807) is 0 Å². The van der Waals surface area contributed by atoms with Crippen molar-refractivity contribution in [3.8, 4) is 0 Å². The molecule has 1 aliphatic heterocycles. The molecule has 0 spiro atoms. The topological polar surface area (TPSA) is 61.8 Å². The number of rotatable bonds is 4. The molecule has 0 bridgehead atoms. The maximum atomic E-state index is 8.73. The van der Waals surface area contributed by atoms with Crippen molar-refractivity contribution in [2.75, 3.05) is 6.54 Å². The van der Waals surface area contributed by atoms with Crippen molar-refractivity contribution in [2.24, 2.45) is 10.9 Å². The first kappa shape index (κ1) is 13.9. The lowest BCUT2D eigenvalue weighted by Gasteiger charge is -2.35. The number of hydrogen-bond acceptors (Lipinski definition) is 3.